The molecule has 0 amide bonds. The highest BCUT2D eigenvalue weighted by Gasteiger charge is 2.33. The van der Waals surface area contributed by atoms with Crippen molar-refractivity contribution >= 4 is 60.8 Å². The number of ether oxygens (including phenoxy) is 6. The molecule has 0 unspecified atom stereocenters. The first-order valence-electron chi connectivity index (χ1n) is 24.4. The summed E-state index contributed by atoms with van der Waals surface area (Å²) < 4.78 is 83.1. The molecule has 0 aliphatic carbocycles. The third-order valence-corrected chi connectivity index (χ3v) is 15.1. The van der Waals surface area contributed by atoms with Crippen molar-refractivity contribution in [1.29, 1.82) is 0 Å². The average molecular weight is 1140 g/mol. The Hall–Kier alpha value is -7.19. The fourth-order valence-electron chi connectivity index (χ4n) is 8.35. The second-order valence-electron chi connectivity index (χ2n) is 18.8. The Morgan fingerprint density at radius 1 is 0.872 bits per heavy atom. The first-order chi connectivity index (χ1) is 37.3. The van der Waals surface area contributed by atoms with Gasteiger partial charge in [0.2, 0.25) is 12.0 Å². The van der Waals surface area contributed by atoms with Gasteiger partial charge in [-0.25, -0.2) is 29.1 Å². The van der Waals surface area contributed by atoms with Crippen molar-refractivity contribution in [3.8, 4) is 61.8 Å². The molecule has 8 aromatic rings. The van der Waals surface area contributed by atoms with Gasteiger partial charge in [-0.1, -0.05) is 83.9 Å². The maximum atomic E-state index is 14.6. The Balaban J connectivity index is 1.18. The van der Waals surface area contributed by atoms with E-state index in [2.05, 4.69) is 21.5 Å². The van der Waals surface area contributed by atoms with Gasteiger partial charge in [-0.15, -0.1) is 17.9 Å². The third-order valence-electron chi connectivity index (χ3n) is 11.9. The molecule has 1 N–H and O–H groups in total. The van der Waals surface area contributed by atoms with Crippen LogP contribution in [0.1, 0.15) is 48.7 Å². The van der Waals surface area contributed by atoms with E-state index in [0.717, 1.165) is 0 Å². The fraction of sp³-hybridized carbons (Fsp3) is 0.259. The zero-order chi connectivity index (χ0) is 55.7. The van der Waals surface area contributed by atoms with Crippen molar-refractivity contribution in [3.05, 3.63) is 172 Å². The van der Waals surface area contributed by atoms with Crippen LogP contribution in [0.5, 0.6) is 28.9 Å². The number of fused-ring (bicyclic) bond motifs is 1. The number of phenols is 1. The van der Waals surface area contributed by atoms with Crippen LogP contribution < -0.4 is 18.9 Å². The minimum absolute atomic E-state index is 0.0147. The minimum Gasteiger partial charge on any atom is -0.508 e. The number of halogens is 3. The number of aromatic nitrogens is 4. The number of nitrogens with zero attached hydrogens (tertiary/aromatic N) is 4. The van der Waals surface area contributed by atoms with E-state index >= 15 is 0 Å². The molecule has 8 rings (SSSR count). The lowest BCUT2D eigenvalue weighted by Crippen LogP contribution is -2.37. The maximum absolute atomic E-state index is 14.6. The number of para-hydroxylation sites is 1. The molecular formula is C58H55Cl2FN4O11S2. The minimum atomic E-state index is -4.08. The molecule has 0 radical (unpaired) electrons. The standard InChI is InChI=1S/C58H55Cl2FN4O11S2/c1-8-26-71-30-42(31-73-78(68,69)32-36-14-10-9-11-15-36)74-52-50(59)34(2)47(35(3)51(52)60)48-49-55(63-33-64-56(49)77-53(48)37-18-20-39(61)21-19-37)75-46(57(67)76-58(4,5)6)28-38-27-41(66)22-23-44(38)72-29-40-24-25-62-54(65-40)43-16-12-13-17-45(43)70-7/h8-25,27,33,42,46,66H,1,26,28-32H2,2-7H3/t42-,46-/m1/s1. The zero-order valence-electron chi connectivity index (χ0n) is 43.4. The van der Waals surface area contributed by atoms with E-state index in [1.165, 1.54) is 48.0 Å². The second kappa shape index (κ2) is 25.1. The van der Waals surface area contributed by atoms with Gasteiger partial charge >= 0.3 is 5.97 Å². The van der Waals surface area contributed by atoms with Gasteiger partial charge in [0, 0.05) is 28.6 Å². The molecule has 0 saturated heterocycles. The summed E-state index contributed by atoms with van der Waals surface area (Å²) in [6, 6.07) is 28.1. The number of hydrogen-bond acceptors (Lipinski definition) is 16. The van der Waals surface area contributed by atoms with E-state index in [0.29, 0.717) is 82.6 Å². The summed E-state index contributed by atoms with van der Waals surface area (Å²) in [5.74, 6) is -0.323. The number of phenolic OH excluding ortho intramolecular Hbond substituents is 1. The number of carbonyl (C=O) groups is 1. The summed E-state index contributed by atoms with van der Waals surface area (Å²) in [6.07, 6.45) is 1.85. The Bertz CT molecular complexity index is 3530. The van der Waals surface area contributed by atoms with Crippen LogP contribution in [0.25, 0.3) is 43.2 Å². The normalized spacial score (nSPS) is 12.5. The molecule has 0 fully saturated rings. The summed E-state index contributed by atoms with van der Waals surface area (Å²) in [4.78, 5) is 33.9. The van der Waals surface area contributed by atoms with Gasteiger partial charge in [-0.05, 0) is 111 Å². The van der Waals surface area contributed by atoms with E-state index in [1.807, 2.05) is 24.3 Å². The van der Waals surface area contributed by atoms with Gasteiger partial charge in [0.25, 0.3) is 10.1 Å². The number of benzene rings is 5. The van der Waals surface area contributed by atoms with Crippen LogP contribution >= 0.6 is 34.5 Å². The topological polar surface area (TPSA) is 188 Å². The Labute approximate surface area is 465 Å². The van der Waals surface area contributed by atoms with Gasteiger partial charge in [-0.2, -0.15) is 8.42 Å². The van der Waals surface area contributed by atoms with Gasteiger partial charge in [0.15, 0.2) is 11.6 Å². The second-order valence-corrected chi connectivity index (χ2v) is 22.2. The summed E-state index contributed by atoms with van der Waals surface area (Å²) in [5, 5.41) is 11.4. The number of rotatable bonds is 23. The van der Waals surface area contributed by atoms with Crippen LogP contribution in [0.4, 0.5) is 4.39 Å². The summed E-state index contributed by atoms with van der Waals surface area (Å²) in [5.41, 5.74) is 3.75. The molecule has 3 heterocycles. The predicted octanol–water partition coefficient (Wildman–Crippen LogP) is 12.7. The molecule has 78 heavy (non-hydrogen) atoms. The highest BCUT2D eigenvalue weighted by molar-refractivity contribution is 7.85. The van der Waals surface area contributed by atoms with Crippen molar-refractivity contribution in [3.63, 3.8) is 0 Å². The number of esters is 1. The van der Waals surface area contributed by atoms with E-state index in [-0.39, 0.29) is 59.4 Å². The molecule has 5 aromatic carbocycles. The van der Waals surface area contributed by atoms with Crippen LogP contribution in [0.3, 0.4) is 0 Å². The van der Waals surface area contributed by atoms with E-state index in [9.17, 15) is 22.7 Å². The Morgan fingerprint density at radius 3 is 2.29 bits per heavy atom. The maximum Gasteiger partial charge on any atom is 0.348 e. The van der Waals surface area contributed by atoms with Gasteiger partial charge in [0.1, 0.15) is 64.9 Å². The van der Waals surface area contributed by atoms with Gasteiger partial charge in [-0.3, -0.25) is 4.18 Å². The Morgan fingerprint density at radius 2 is 1.59 bits per heavy atom. The van der Waals surface area contributed by atoms with Crippen molar-refractivity contribution in [2.45, 2.75) is 71.2 Å². The molecule has 0 bridgehead atoms. The number of carbonyl (C=O) groups excluding carboxylic acids is 1. The van der Waals surface area contributed by atoms with Crippen molar-refractivity contribution in [1.82, 2.24) is 19.9 Å². The predicted molar refractivity (Wildman–Crippen MR) is 299 cm³/mol. The van der Waals surface area contributed by atoms with Crippen molar-refractivity contribution in [2.24, 2.45) is 0 Å². The van der Waals surface area contributed by atoms with E-state index in [1.54, 1.807) is 103 Å². The fourth-order valence-corrected chi connectivity index (χ4v) is 11.1. The molecule has 15 nitrogen and oxygen atoms in total. The molecule has 0 spiro atoms. The average Bonchev–Trinajstić information content (AvgIpc) is 4.00. The monoisotopic (exact) mass is 1140 g/mol. The number of aromatic hydroxyl groups is 1. The number of hydrogen-bond donors (Lipinski definition) is 1. The first kappa shape index (κ1) is 57.0. The molecule has 0 aliphatic heterocycles. The van der Waals surface area contributed by atoms with Gasteiger partial charge in [0.05, 0.1) is 47.0 Å². The van der Waals surface area contributed by atoms with Crippen LogP contribution in [-0.4, -0.2) is 84.2 Å². The molecule has 0 saturated carbocycles. The first-order valence-corrected chi connectivity index (χ1v) is 27.6. The molecule has 406 valence electrons. The quantitative estimate of drug-likeness (QED) is 0.0275. The molecule has 2 atom stereocenters. The smallest absolute Gasteiger partial charge is 0.348 e. The van der Waals surface area contributed by atoms with E-state index in [4.69, 9.17) is 60.8 Å². The Kier molecular flexibility index (Phi) is 18.3. The highest BCUT2D eigenvalue weighted by atomic mass is 35.5. The molecule has 0 aliphatic rings. The SMILES string of the molecule is C=CCOC[C@H](COS(=O)(=O)Cc1ccccc1)Oc1c(Cl)c(C)c(-c2c(-c3ccc(F)cc3)sc3ncnc(O[C@H](Cc4cc(O)ccc4OCc4ccnc(-c5ccccc5OC)n4)C(=O)OC(C)(C)C)c23)c(C)c1Cl. The molecule has 3 aromatic heterocycles. The van der Waals surface area contributed by atoms with E-state index < -0.39 is 46.3 Å². The molecule has 20 heteroatoms. The zero-order valence-corrected chi connectivity index (χ0v) is 46.6. The van der Waals surface area contributed by atoms with Gasteiger partial charge < -0.3 is 33.5 Å². The summed E-state index contributed by atoms with van der Waals surface area (Å²) in [6.45, 7) is 12.0. The van der Waals surface area contributed by atoms with Crippen LogP contribution in [-0.2, 0) is 47.4 Å². The largest absolute Gasteiger partial charge is 0.508 e. The van der Waals surface area contributed by atoms with Crippen molar-refractivity contribution < 1.29 is 55.3 Å². The summed E-state index contributed by atoms with van der Waals surface area (Å²) >= 11 is 15.8. The van der Waals surface area contributed by atoms with Crippen LogP contribution in [0.15, 0.2) is 128 Å². The lowest BCUT2D eigenvalue weighted by atomic mass is 9.92. The lowest BCUT2D eigenvalue weighted by Gasteiger charge is -2.25. The lowest BCUT2D eigenvalue weighted by molar-refractivity contribution is -0.163. The number of methoxy groups -OCH3 is 1. The number of thiophene rings is 1. The van der Waals surface area contributed by atoms with Crippen LogP contribution in [0.2, 0.25) is 10.0 Å². The highest BCUT2D eigenvalue weighted by Crippen LogP contribution is 2.53. The van der Waals surface area contributed by atoms with Crippen molar-refractivity contribution in [2.75, 3.05) is 26.9 Å². The molecular weight excluding hydrogens is 1080 g/mol. The summed E-state index contributed by atoms with van der Waals surface area (Å²) in [7, 11) is -2.51. The van der Waals surface area contributed by atoms with Crippen LogP contribution in [0, 0.1) is 19.7 Å². The third kappa shape index (κ3) is 13.9.